The van der Waals surface area contributed by atoms with Gasteiger partial charge >= 0.3 is 12.1 Å². The number of hydrogen-bond donors (Lipinski definition) is 4. The number of hydrogen-bond acceptors (Lipinski definition) is 17. The van der Waals surface area contributed by atoms with E-state index < -0.39 is 43.1 Å². The van der Waals surface area contributed by atoms with Gasteiger partial charge in [0.15, 0.2) is 0 Å². The first kappa shape index (κ1) is 56.8. The number of rotatable bonds is 12. The van der Waals surface area contributed by atoms with Crippen LogP contribution in [-0.2, 0) is 26.0 Å². The Morgan fingerprint density at radius 1 is 0.852 bits per heavy atom. The van der Waals surface area contributed by atoms with Gasteiger partial charge in [0.25, 0.3) is 11.8 Å². The number of aliphatic carboxylic acids is 1. The van der Waals surface area contributed by atoms with Crippen molar-refractivity contribution in [2.24, 2.45) is 18.4 Å². The van der Waals surface area contributed by atoms with E-state index >= 15 is 0 Å². The Morgan fingerprint density at radius 3 is 2.20 bits per heavy atom. The van der Waals surface area contributed by atoms with Crippen molar-refractivity contribution in [3.05, 3.63) is 89.0 Å². The molecule has 1 spiro atoms. The average molecular weight is 1200 g/mol. The molecule has 5 aliphatic heterocycles. The Bertz CT molecular complexity index is 3500. The standard InChI is InChI=1S/C53H59BrN13O6P.C2HF3O2/c1-63-31-33(28-58-63)36-26-41(60-52-57-29-38(54)48(62-52)59-40-8-7-39-46(56-18-17-55-39)47(40)74(3,4)72)44(73-2)27-43(36)66-23-15-53(16-24-66)13-21-64(22-14-53)30-32-11-19-65(20-12-32)34-5-6-35-37(25-34)51(71)67(50(35)70)42-9-10-45(68)61-49(42)69;3-2(4,5)1(6)7/h5-8,17-18,25-29,31-32,42H,9-16,19-24,30H2,1-4H3,(H,61,68,69)(H2,57,59,60,62);(H,6,7). The number of carbonyl (C=O) groups is 5. The van der Waals surface area contributed by atoms with Gasteiger partial charge < -0.3 is 39.7 Å². The number of nitrogens with one attached hydrogen (secondary N) is 3. The van der Waals surface area contributed by atoms with Gasteiger partial charge in [-0.1, -0.05) is 0 Å². The zero-order valence-corrected chi connectivity index (χ0v) is 47.4. The predicted octanol–water partition coefficient (Wildman–Crippen LogP) is 7.96. The molecule has 26 heteroatoms. The monoisotopic (exact) mass is 1200 g/mol. The van der Waals surface area contributed by atoms with Crippen molar-refractivity contribution in [1.82, 2.24) is 44.8 Å². The first-order valence-electron chi connectivity index (χ1n) is 26.5. The number of carbonyl (C=O) groups excluding carboxylic acids is 4. The van der Waals surface area contributed by atoms with Crippen LogP contribution in [0, 0.1) is 11.3 Å². The number of piperidine rings is 4. The molecule has 1 unspecified atom stereocenters. The molecule has 0 bridgehead atoms. The number of benzene rings is 3. The number of carboxylic acid groups (broad SMARTS) is 1. The second kappa shape index (κ2) is 22.8. The van der Waals surface area contributed by atoms with Crippen molar-refractivity contribution in [2.45, 2.75) is 63.6 Å². The summed E-state index contributed by atoms with van der Waals surface area (Å²) in [5, 5.41) is 21.4. The van der Waals surface area contributed by atoms with E-state index in [0.717, 1.165) is 98.9 Å². The van der Waals surface area contributed by atoms with E-state index in [4.69, 9.17) is 19.6 Å². The minimum atomic E-state index is -5.08. The number of ether oxygens (including phenoxy) is 1. The molecule has 5 aliphatic rings. The maximum absolute atomic E-state index is 13.6. The van der Waals surface area contributed by atoms with Crippen molar-refractivity contribution >= 4 is 104 Å². The molecule has 0 saturated carbocycles. The second-order valence-electron chi connectivity index (χ2n) is 21.5. The molecule has 8 heterocycles. The van der Waals surface area contributed by atoms with Gasteiger partial charge in [-0.25, -0.2) is 9.78 Å². The molecule has 0 radical (unpaired) electrons. The normalized spacial score (nSPS) is 18.9. The van der Waals surface area contributed by atoms with E-state index in [1.165, 1.54) is 12.8 Å². The summed E-state index contributed by atoms with van der Waals surface area (Å²) in [6.45, 7) is 10.3. The van der Waals surface area contributed by atoms with Gasteiger partial charge in [-0.2, -0.15) is 23.3 Å². The highest BCUT2D eigenvalue weighted by Gasteiger charge is 2.45. The smallest absolute Gasteiger partial charge is 0.490 e. The van der Waals surface area contributed by atoms with Crippen LogP contribution in [-0.4, -0.2) is 153 Å². The molecule has 21 nitrogen and oxygen atoms in total. The topological polar surface area (TPSA) is 250 Å². The molecule has 4 fully saturated rings. The van der Waals surface area contributed by atoms with Crippen molar-refractivity contribution < 1.29 is 51.6 Å². The molecule has 4 N–H and O–H groups in total. The molecule has 426 valence electrons. The Balaban J connectivity index is 0.000000988. The highest BCUT2D eigenvalue weighted by molar-refractivity contribution is 9.10. The number of nitrogens with zero attached hydrogens (tertiary/aromatic N) is 10. The maximum atomic E-state index is 13.6. The minimum Gasteiger partial charge on any atom is -0.494 e. The number of halogens is 4. The average Bonchev–Trinajstić information content (AvgIpc) is 4.05. The zero-order chi connectivity index (χ0) is 57.5. The number of amides is 4. The minimum absolute atomic E-state index is 0.0924. The first-order valence-corrected chi connectivity index (χ1v) is 29.9. The van der Waals surface area contributed by atoms with Crippen LogP contribution in [0.25, 0.3) is 22.2 Å². The summed E-state index contributed by atoms with van der Waals surface area (Å²) in [6, 6.07) is 12.3. The highest BCUT2D eigenvalue weighted by atomic mass is 79.9. The number of anilines is 6. The number of likely N-dealkylation sites (tertiary alicyclic amines) is 1. The lowest BCUT2D eigenvalue weighted by atomic mass is 9.71. The van der Waals surface area contributed by atoms with Gasteiger partial charge in [0.2, 0.25) is 17.8 Å². The number of carboxylic acids is 1. The lowest BCUT2D eigenvalue weighted by molar-refractivity contribution is -0.192. The summed E-state index contributed by atoms with van der Waals surface area (Å²) in [5.41, 5.74) is 7.49. The fourth-order valence-electron chi connectivity index (χ4n) is 11.6. The van der Waals surface area contributed by atoms with Crippen LogP contribution < -0.4 is 35.8 Å². The maximum Gasteiger partial charge on any atom is 0.490 e. The van der Waals surface area contributed by atoms with Gasteiger partial charge in [0, 0.05) is 99.5 Å². The number of methoxy groups -OCH3 is 1. The summed E-state index contributed by atoms with van der Waals surface area (Å²) in [5.74, 6) is -2.66. The number of alkyl halides is 3. The van der Waals surface area contributed by atoms with Crippen LogP contribution in [0.5, 0.6) is 5.75 Å². The highest BCUT2D eigenvalue weighted by Crippen LogP contribution is 2.47. The molecular weight excluding hydrogens is 1140 g/mol. The zero-order valence-electron chi connectivity index (χ0n) is 44.9. The molecule has 11 rings (SSSR count). The summed E-state index contributed by atoms with van der Waals surface area (Å²) in [6.07, 6.45) is 10.6. The van der Waals surface area contributed by atoms with Crippen LogP contribution >= 0.6 is 23.1 Å². The Hall–Kier alpha value is -7.50. The lowest BCUT2D eigenvalue weighted by Crippen LogP contribution is -2.54. The van der Waals surface area contributed by atoms with E-state index in [-0.39, 0.29) is 18.7 Å². The van der Waals surface area contributed by atoms with E-state index in [1.54, 1.807) is 51.2 Å². The Kier molecular flexibility index (Phi) is 16.0. The van der Waals surface area contributed by atoms with Crippen molar-refractivity contribution in [3.8, 4) is 16.9 Å². The molecule has 81 heavy (non-hydrogen) atoms. The number of imide groups is 2. The first-order chi connectivity index (χ1) is 38.6. The fourth-order valence-corrected chi connectivity index (χ4v) is 13.3. The molecule has 0 aliphatic carbocycles. The van der Waals surface area contributed by atoms with Gasteiger partial charge in [0.1, 0.15) is 30.3 Å². The summed E-state index contributed by atoms with van der Waals surface area (Å²) in [4.78, 5) is 86.8. The van der Waals surface area contributed by atoms with E-state index in [9.17, 15) is 36.9 Å². The SMILES string of the molecule is COc1cc(N2CCC3(CCN(CC4CCN(c5ccc6c(c5)C(=O)N(C5CCC(=O)NC5=O)C6=O)CC4)CC3)CC2)c(-c2cnn(C)c2)cc1Nc1ncc(Br)c(Nc2ccc3nccnc3c2P(C)(C)=O)n1.O=C(O)C(F)(F)F. The molecular formula is C55H60BrF3N13O8P. The molecule has 6 aromatic rings. The molecule has 4 amide bonds. The van der Waals surface area contributed by atoms with Crippen LogP contribution in [0.3, 0.4) is 0 Å². The second-order valence-corrected chi connectivity index (χ2v) is 25.6. The van der Waals surface area contributed by atoms with Crippen molar-refractivity contribution in [1.29, 1.82) is 0 Å². The molecule has 4 saturated heterocycles. The van der Waals surface area contributed by atoms with Crippen molar-refractivity contribution in [2.75, 3.05) is 86.7 Å². The molecule has 1 atom stereocenters. The van der Waals surface area contributed by atoms with Crippen LogP contribution in [0.1, 0.15) is 72.1 Å². The third kappa shape index (κ3) is 12.1. The third-order valence-electron chi connectivity index (χ3n) is 16.0. The largest absolute Gasteiger partial charge is 0.494 e. The van der Waals surface area contributed by atoms with Crippen LogP contribution in [0.2, 0.25) is 0 Å². The van der Waals surface area contributed by atoms with Gasteiger partial charge in [-0.15, -0.1) is 0 Å². The number of fused-ring (bicyclic) bond motifs is 2. The molecule has 3 aromatic carbocycles. The van der Waals surface area contributed by atoms with E-state index in [2.05, 4.69) is 78.8 Å². The quantitative estimate of drug-likeness (QED) is 0.0670. The summed E-state index contributed by atoms with van der Waals surface area (Å²) < 4.78 is 53.9. The molecule has 3 aromatic heterocycles. The summed E-state index contributed by atoms with van der Waals surface area (Å²) >= 11 is 3.62. The van der Waals surface area contributed by atoms with Crippen LogP contribution in [0.4, 0.5) is 47.7 Å². The van der Waals surface area contributed by atoms with Crippen molar-refractivity contribution in [3.63, 3.8) is 0 Å². The van der Waals surface area contributed by atoms with E-state index in [1.807, 2.05) is 42.3 Å². The number of aromatic nitrogens is 6. The van der Waals surface area contributed by atoms with Gasteiger partial charge in [0.05, 0.1) is 51.1 Å². The fraction of sp³-hybridized carbons (Fsp3) is 0.418. The number of aryl methyl sites for hydroxylation is 1. The summed E-state index contributed by atoms with van der Waals surface area (Å²) in [7, 11) is 0.783. The Morgan fingerprint density at radius 2 is 1.54 bits per heavy atom. The van der Waals surface area contributed by atoms with E-state index in [0.29, 0.717) is 72.2 Å². The van der Waals surface area contributed by atoms with Gasteiger partial charge in [-0.3, -0.25) is 44.0 Å². The lowest BCUT2D eigenvalue weighted by Gasteiger charge is -2.48. The van der Waals surface area contributed by atoms with Crippen LogP contribution in [0.15, 0.2) is 77.9 Å². The Labute approximate surface area is 472 Å². The third-order valence-corrected chi connectivity index (χ3v) is 18.1. The van der Waals surface area contributed by atoms with Gasteiger partial charge in [-0.05, 0) is 135 Å². The predicted molar refractivity (Wildman–Crippen MR) is 301 cm³/mol.